The maximum Gasteiger partial charge on any atom is 0.316 e. The fourth-order valence-electron chi connectivity index (χ4n) is 8.21. The fourth-order valence-corrected chi connectivity index (χ4v) is 8.21. The number of fused-ring (bicyclic) bond motifs is 1. The van der Waals surface area contributed by atoms with Gasteiger partial charge in [0.15, 0.2) is 0 Å². The number of nitrogens with zero attached hydrogens (tertiary/aromatic N) is 2. The molecule has 3 fully saturated rings. The molecule has 2 N–H and O–H groups in total. The number of aromatic nitrogens is 2. The van der Waals surface area contributed by atoms with Crippen molar-refractivity contribution in [3.05, 3.63) is 65.5 Å². The molecule has 0 bridgehead atoms. The number of aliphatic hydroxyl groups excluding tert-OH is 1. The van der Waals surface area contributed by atoms with Crippen molar-refractivity contribution in [2.75, 3.05) is 26.3 Å². The molecule has 2 heterocycles. The molecule has 0 radical (unpaired) electrons. The third-order valence-electron chi connectivity index (χ3n) is 10.7. The molecule has 2 aliphatic carbocycles. The summed E-state index contributed by atoms with van der Waals surface area (Å²) in [6, 6.07) is 15.6. The SMILES string of the molecule is OCCC(c1nc(OCCCC2CCCCC2)ncc1C1CCNCC1OCc1ccc2ccccc2c1)C1CCCCC1. The smallest absolute Gasteiger partial charge is 0.316 e. The number of hydrogen-bond donors (Lipinski definition) is 2. The van der Waals surface area contributed by atoms with Crippen LogP contribution in [0.5, 0.6) is 6.01 Å². The van der Waals surface area contributed by atoms with E-state index < -0.39 is 0 Å². The van der Waals surface area contributed by atoms with Crippen LogP contribution in [0.4, 0.5) is 0 Å². The van der Waals surface area contributed by atoms with Crippen molar-refractivity contribution in [1.82, 2.24) is 15.3 Å². The molecule has 0 spiro atoms. The van der Waals surface area contributed by atoms with E-state index in [0.717, 1.165) is 44.0 Å². The highest BCUT2D eigenvalue weighted by atomic mass is 16.5. The zero-order valence-electron chi connectivity index (χ0n) is 26.6. The number of piperidine rings is 1. The van der Waals surface area contributed by atoms with E-state index in [4.69, 9.17) is 19.4 Å². The fraction of sp³-hybridized carbons (Fsp3) is 0.632. The first-order valence-corrected chi connectivity index (χ1v) is 17.7. The Morgan fingerprint density at radius 3 is 2.52 bits per heavy atom. The Morgan fingerprint density at radius 2 is 1.70 bits per heavy atom. The highest BCUT2D eigenvalue weighted by Crippen LogP contribution is 2.42. The van der Waals surface area contributed by atoms with E-state index >= 15 is 0 Å². The third kappa shape index (κ3) is 8.18. The minimum Gasteiger partial charge on any atom is -0.463 e. The first kappa shape index (κ1) is 31.4. The quantitative estimate of drug-likeness (QED) is 0.194. The first-order chi connectivity index (χ1) is 21.8. The zero-order valence-corrected chi connectivity index (χ0v) is 26.6. The highest BCUT2D eigenvalue weighted by molar-refractivity contribution is 5.82. The van der Waals surface area contributed by atoms with Gasteiger partial charge in [-0.05, 0) is 84.9 Å². The average molecular weight is 600 g/mol. The maximum absolute atomic E-state index is 10.2. The third-order valence-corrected chi connectivity index (χ3v) is 10.7. The molecule has 1 aromatic heterocycles. The minimum atomic E-state index is 0.0287. The average Bonchev–Trinajstić information content (AvgIpc) is 3.09. The molecule has 0 amide bonds. The van der Waals surface area contributed by atoms with Gasteiger partial charge in [0.25, 0.3) is 0 Å². The van der Waals surface area contributed by atoms with E-state index in [1.54, 1.807) is 0 Å². The molecule has 2 aromatic carbocycles. The summed E-state index contributed by atoms with van der Waals surface area (Å²) in [7, 11) is 0. The topological polar surface area (TPSA) is 76.5 Å². The lowest BCUT2D eigenvalue weighted by molar-refractivity contribution is 0.0100. The lowest BCUT2D eigenvalue weighted by atomic mass is 9.74. The lowest BCUT2D eigenvalue weighted by Gasteiger charge is -2.36. The molecule has 238 valence electrons. The van der Waals surface area contributed by atoms with E-state index in [0.29, 0.717) is 25.1 Å². The van der Waals surface area contributed by atoms with Gasteiger partial charge in [-0.25, -0.2) is 4.98 Å². The van der Waals surface area contributed by atoms with Crippen LogP contribution in [0.25, 0.3) is 10.8 Å². The summed E-state index contributed by atoms with van der Waals surface area (Å²) in [6.07, 6.45) is 19.3. The lowest BCUT2D eigenvalue weighted by Crippen LogP contribution is -2.41. The Balaban J connectivity index is 1.21. The van der Waals surface area contributed by atoms with Crippen molar-refractivity contribution < 1.29 is 14.6 Å². The number of nitrogens with one attached hydrogen (secondary N) is 1. The van der Waals surface area contributed by atoms with Crippen LogP contribution in [-0.4, -0.2) is 47.5 Å². The van der Waals surface area contributed by atoms with Gasteiger partial charge in [-0.1, -0.05) is 87.8 Å². The summed E-state index contributed by atoms with van der Waals surface area (Å²) in [5.74, 6) is 1.83. The molecule has 1 saturated heterocycles. The van der Waals surface area contributed by atoms with E-state index in [1.807, 2.05) is 6.20 Å². The van der Waals surface area contributed by atoms with Crippen molar-refractivity contribution in [1.29, 1.82) is 0 Å². The van der Waals surface area contributed by atoms with Gasteiger partial charge in [-0.3, -0.25) is 0 Å². The molecule has 1 aliphatic heterocycles. The Morgan fingerprint density at radius 1 is 0.909 bits per heavy atom. The van der Waals surface area contributed by atoms with Gasteiger partial charge in [-0.2, -0.15) is 4.98 Å². The van der Waals surface area contributed by atoms with E-state index in [1.165, 1.54) is 92.5 Å². The highest BCUT2D eigenvalue weighted by Gasteiger charge is 2.35. The normalized spacial score (nSPS) is 22.7. The summed E-state index contributed by atoms with van der Waals surface area (Å²) >= 11 is 0. The van der Waals surface area contributed by atoms with Crippen LogP contribution in [0.15, 0.2) is 48.7 Å². The van der Waals surface area contributed by atoms with Gasteiger partial charge in [0, 0.05) is 31.2 Å². The Hall–Kier alpha value is -2.54. The van der Waals surface area contributed by atoms with Crippen molar-refractivity contribution in [2.24, 2.45) is 11.8 Å². The molecular weight excluding hydrogens is 546 g/mol. The molecule has 6 heteroatoms. The van der Waals surface area contributed by atoms with Crippen LogP contribution in [0.1, 0.15) is 119 Å². The van der Waals surface area contributed by atoms with Gasteiger partial charge in [0.2, 0.25) is 0 Å². The molecule has 3 aliphatic rings. The van der Waals surface area contributed by atoms with Crippen molar-refractivity contribution in [3.63, 3.8) is 0 Å². The standard InChI is InChI=1S/C38H53N3O3/c42-22-20-33(31-14-5-2-6-15-31)37-35(25-40-38(41-37)43-23-9-12-28-10-3-1-4-11-28)34-19-21-39-26-36(34)44-27-29-17-18-30-13-7-8-16-32(30)24-29/h7-8,13,16-18,24-25,28,31,33-34,36,39,42H,1-6,9-12,14-15,19-23,26-27H2. The predicted octanol–water partition coefficient (Wildman–Crippen LogP) is 8.08. The Bertz CT molecular complexity index is 1300. The van der Waals surface area contributed by atoms with Crippen LogP contribution in [-0.2, 0) is 11.3 Å². The van der Waals surface area contributed by atoms with Crippen molar-refractivity contribution in [2.45, 2.75) is 114 Å². The number of benzene rings is 2. The molecule has 3 unspecified atom stereocenters. The Labute approximate surface area is 264 Å². The molecule has 6 nitrogen and oxygen atoms in total. The molecule has 2 saturated carbocycles. The van der Waals surface area contributed by atoms with E-state index in [9.17, 15) is 5.11 Å². The van der Waals surface area contributed by atoms with Crippen LogP contribution >= 0.6 is 0 Å². The number of aliphatic hydroxyl groups is 1. The van der Waals surface area contributed by atoms with Gasteiger partial charge in [-0.15, -0.1) is 0 Å². The van der Waals surface area contributed by atoms with Gasteiger partial charge >= 0.3 is 6.01 Å². The number of hydrogen-bond acceptors (Lipinski definition) is 6. The summed E-state index contributed by atoms with van der Waals surface area (Å²) in [5.41, 5.74) is 3.50. The minimum absolute atomic E-state index is 0.0287. The summed E-state index contributed by atoms with van der Waals surface area (Å²) in [5, 5.41) is 16.3. The predicted molar refractivity (Wildman–Crippen MR) is 177 cm³/mol. The van der Waals surface area contributed by atoms with Gasteiger partial charge < -0.3 is 19.9 Å². The second-order valence-corrected chi connectivity index (χ2v) is 13.6. The van der Waals surface area contributed by atoms with Gasteiger partial charge in [0.1, 0.15) is 0 Å². The van der Waals surface area contributed by atoms with Crippen LogP contribution in [0, 0.1) is 11.8 Å². The molecule has 44 heavy (non-hydrogen) atoms. The second kappa shape index (κ2) is 16.1. The van der Waals surface area contributed by atoms with E-state index in [2.05, 4.69) is 47.8 Å². The van der Waals surface area contributed by atoms with Crippen molar-refractivity contribution >= 4 is 10.8 Å². The van der Waals surface area contributed by atoms with Crippen molar-refractivity contribution in [3.8, 4) is 6.01 Å². The Kier molecular flexibility index (Phi) is 11.5. The molecule has 6 rings (SSSR count). The summed E-state index contributed by atoms with van der Waals surface area (Å²) in [4.78, 5) is 9.99. The largest absolute Gasteiger partial charge is 0.463 e. The number of rotatable bonds is 13. The van der Waals surface area contributed by atoms with Gasteiger partial charge in [0.05, 0.1) is 25.0 Å². The van der Waals surface area contributed by atoms with Crippen LogP contribution in [0.3, 0.4) is 0 Å². The zero-order chi connectivity index (χ0) is 30.0. The van der Waals surface area contributed by atoms with Crippen LogP contribution < -0.4 is 10.1 Å². The first-order valence-electron chi connectivity index (χ1n) is 17.7. The summed E-state index contributed by atoms with van der Waals surface area (Å²) in [6.45, 7) is 3.19. The van der Waals surface area contributed by atoms with Crippen LogP contribution in [0.2, 0.25) is 0 Å². The molecular formula is C38H53N3O3. The summed E-state index contributed by atoms with van der Waals surface area (Å²) < 4.78 is 12.9. The monoisotopic (exact) mass is 599 g/mol. The molecule has 3 atom stereocenters. The van der Waals surface area contributed by atoms with E-state index in [-0.39, 0.29) is 24.5 Å². The number of ether oxygens (including phenoxy) is 2. The molecule has 3 aromatic rings. The maximum atomic E-state index is 10.2. The second-order valence-electron chi connectivity index (χ2n) is 13.6.